The fourth-order valence-electron chi connectivity index (χ4n) is 4.37. The summed E-state index contributed by atoms with van der Waals surface area (Å²) in [6.07, 6.45) is 9.64. The predicted octanol–water partition coefficient (Wildman–Crippen LogP) is 2.96. The van der Waals surface area contributed by atoms with Crippen molar-refractivity contribution >= 4 is 0 Å². The van der Waals surface area contributed by atoms with Crippen LogP contribution in [0.3, 0.4) is 0 Å². The van der Waals surface area contributed by atoms with Crippen LogP contribution in [0, 0.1) is 5.41 Å². The lowest BCUT2D eigenvalue weighted by Crippen LogP contribution is -2.48. The fourth-order valence-corrected chi connectivity index (χ4v) is 4.37. The zero-order valence-corrected chi connectivity index (χ0v) is 14.7. The smallest absolute Gasteiger partial charge is 0.0220 e. The first kappa shape index (κ1) is 17.2. The molecule has 124 valence electrons. The van der Waals surface area contributed by atoms with Crippen LogP contribution in [0.4, 0.5) is 0 Å². The van der Waals surface area contributed by atoms with Crippen LogP contribution in [0.25, 0.3) is 0 Å². The fraction of sp³-hybridized carbons (Fsp3) is 1.00. The molecule has 3 heteroatoms. The first-order chi connectivity index (χ1) is 10.2. The van der Waals surface area contributed by atoms with Gasteiger partial charge in [-0.15, -0.1) is 0 Å². The normalized spacial score (nSPS) is 27.9. The third kappa shape index (κ3) is 4.94. The van der Waals surface area contributed by atoms with Gasteiger partial charge in [0.2, 0.25) is 0 Å². The summed E-state index contributed by atoms with van der Waals surface area (Å²) >= 11 is 0. The van der Waals surface area contributed by atoms with E-state index in [1.165, 1.54) is 84.2 Å². The van der Waals surface area contributed by atoms with Crippen molar-refractivity contribution in [2.24, 2.45) is 5.41 Å². The summed E-state index contributed by atoms with van der Waals surface area (Å²) in [4.78, 5) is 5.37. The Kier molecular flexibility index (Phi) is 6.97. The monoisotopic (exact) mass is 295 g/mol. The predicted molar refractivity (Wildman–Crippen MR) is 91.8 cm³/mol. The van der Waals surface area contributed by atoms with Gasteiger partial charge in [-0.05, 0) is 64.2 Å². The van der Waals surface area contributed by atoms with Crippen LogP contribution in [0.15, 0.2) is 0 Å². The molecule has 0 bridgehead atoms. The first-order valence-electron chi connectivity index (χ1n) is 9.32. The van der Waals surface area contributed by atoms with Crippen LogP contribution < -0.4 is 5.32 Å². The van der Waals surface area contributed by atoms with E-state index < -0.39 is 0 Å². The molecule has 1 aliphatic heterocycles. The molecule has 0 radical (unpaired) electrons. The van der Waals surface area contributed by atoms with E-state index in [-0.39, 0.29) is 0 Å². The van der Waals surface area contributed by atoms with Gasteiger partial charge in [-0.2, -0.15) is 0 Å². The Bertz CT molecular complexity index is 286. The molecule has 0 aromatic rings. The van der Waals surface area contributed by atoms with Gasteiger partial charge in [0.05, 0.1) is 0 Å². The van der Waals surface area contributed by atoms with Crippen molar-refractivity contribution in [1.82, 2.24) is 15.1 Å². The van der Waals surface area contributed by atoms with Gasteiger partial charge in [-0.1, -0.05) is 26.7 Å². The zero-order chi connectivity index (χ0) is 15.1. The number of hydrogen-bond donors (Lipinski definition) is 1. The molecule has 0 aromatic heterocycles. The van der Waals surface area contributed by atoms with E-state index >= 15 is 0 Å². The van der Waals surface area contributed by atoms with E-state index in [2.05, 4.69) is 36.0 Å². The third-order valence-electron chi connectivity index (χ3n) is 5.62. The molecule has 3 nitrogen and oxygen atoms in total. The Balaban J connectivity index is 1.97. The van der Waals surface area contributed by atoms with E-state index in [0.29, 0.717) is 5.41 Å². The maximum Gasteiger partial charge on any atom is 0.0220 e. The lowest BCUT2D eigenvalue weighted by Gasteiger charge is -2.39. The molecule has 0 aromatic carbocycles. The molecule has 2 rings (SSSR count). The molecule has 21 heavy (non-hydrogen) atoms. The number of nitrogens with one attached hydrogen (secondary N) is 1. The lowest BCUT2D eigenvalue weighted by molar-refractivity contribution is 0.105. The van der Waals surface area contributed by atoms with E-state index in [0.717, 1.165) is 6.04 Å². The highest BCUT2D eigenvalue weighted by Crippen LogP contribution is 2.39. The summed E-state index contributed by atoms with van der Waals surface area (Å²) < 4.78 is 0. The van der Waals surface area contributed by atoms with Crippen molar-refractivity contribution in [2.45, 2.75) is 64.8 Å². The molecule has 1 aliphatic carbocycles. The van der Waals surface area contributed by atoms with E-state index in [1.807, 2.05) is 0 Å². The van der Waals surface area contributed by atoms with Gasteiger partial charge in [0.1, 0.15) is 0 Å². The summed E-state index contributed by atoms with van der Waals surface area (Å²) in [5, 5.41) is 3.73. The minimum absolute atomic E-state index is 0.561. The van der Waals surface area contributed by atoms with Gasteiger partial charge in [0, 0.05) is 25.7 Å². The van der Waals surface area contributed by atoms with Crippen molar-refractivity contribution in [3.8, 4) is 0 Å². The second-order valence-electron chi connectivity index (χ2n) is 7.53. The average Bonchev–Trinajstić information content (AvgIpc) is 2.85. The summed E-state index contributed by atoms with van der Waals surface area (Å²) in [5.41, 5.74) is 0.561. The molecule has 0 spiro atoms. The number of likely N-dealkylation sites (N-methyl/N-ethyl adjacent to an activating group) is 1. The second-order valence-corrected chi connectivity index (χ2v) is 7.53. The largest absolute Gasteiger partial charge is 0.316 e. The zero-order valence-electron chi connectivity index (χ0n) is 14.7. The van der Waals surface area contributed by atoms with E-state index in [9.17, 15) is 0 Å². The molecule has 2 fully saturated rings. The van der Waals surface area contributed by atoms with Crippen LogP contribution in [-0.2, 0) is 0 Å². The van der Waals surface area contributed by atoms with Gasteiger partial charge in [-0.3, -0.25) is 4.90 Å². The molecule has 1 heterocycles. The van der Waals surface area contributed by atoms with E-state index in [4.69, 9.17) is 0 Å². The highest BCUT2D eigenvalue weighted by molar-refractivity contribution is 4.92. The molecule has 1 saturated heterocycles. The Morgan fingerprint density at radius 1 is 1.10 bits per heavy atom. The highest BCUT2D eigenvalue weighted by Gasteiger charge is 2.37. The Morgan fingerprint density at radius 3 is 2.52 bits per heavy atom. The van der Waals surface area contributed by atoms with E-state index in [1.54, 1.807) is 0 Å². The van der Waals surface area contributed by atoms with Crippen LogP contribution in [0.2, 0.25) is 0 Å². The molecule has 0 amide bonds. The number of rotatable bonds is 7. The summed E-state index contributed by atoms with van der Waals surface area (Å²) in [6.45, 7) is 12.2. The minimum atomic E-state index is 0.561. The molecular weight excluding hydrogens is 258 g/mol. The molecule has 1 saturated carbocycles. The van der Waals surface area contributed by atoms with Crippen molar-refractivity contribution in [1.29, 1.82) is 0 Å². The molecular formula is C18H37N3. The van der Waals surface area contributed by atoms with Gasteiger partial charge >= 0.3 is 0 Å². The molecule has 1 N–H and O–H groups in total. The van der Waals surface area contributed by atoms with Gasteiger partial charge < -0.3 is 10.2 Å². The molecule has 1 unspecified atom stereocenters. The van der Waals surface area contributed by atoms with Crippen LogP contribution >= 0.6 is 0 Å². The van der Waals surface area contributed by atoms with Crippen LogP contribution in [0.5, 0.6) is 0 Å². The lowest BCUT2D eigenvalue weighted by atomic mass is 9.84. The Hall–Kier alpha value is -0.120. The topological polar surface area (TPSA) is 18.5 Å². The van der Waals surface area contributed by atoms with Crippen LogP contribution in [0.1, 0.15) is 58.8 Å². The van der Waals surface area contributed by atoms with Gasteiger partial charge in [-0.25, -0.2) is 0 Å². The van der Waals surface area contributed by atoms with Crippen molar-refractivity contribution in [3.63, 3.8) is 0 Å². The third-order valence-corrected chi connectivity index (χ3v) is 5.62. The molecule has 1 atom stereocenters. The molecule has 2 aliphatic rings. The maximum atomic E-state index is 3.73. The highest BCUT2D eigenvalue weighted by atomic mass is 15.2. The summed E-state index contributed by atoms with van der Waals surface area (Å²) in [5.74, 6) is 0. The quantitative estimate of drug-likeness (QED) is 0.729. The van der Waals surface area contributed by atoms with Gasteiger partial charge in [0.15, 0.2) is 0 Å². The number of nitrogens with zero attached hydrogens (tertiary/aromatic N) is 2. The minimum Gasteiger partial charge on any atom is -0.316 e. The maximum absolute atomic E-state index is 3.73. The standard InChI is InChI=1S/C18H37N3/c1-4-11-19-15-18(9-6-7-10-18)16-21-13-8-12-20(3)14-17(21)5-2/h17,19H,4-16H2,1-3H3. The second kappa shape index (κ2) is 8.50. The summed E-state index contributed by atoms with van der Waals surface area (Å²) in [7, 11) is 2.29. The van der Waals surface area contributed by atoms with Gasteiger partial charge in [0.25, 0.3) is 0 Å². The van der Waals surface area contributed by atoms with Crippen molar-refractivity contribution in [3.05, 3.63) is 0 Å². The van der Waals surface area contributed by atoms with Crippen LogP contribution in [-0.4, -0.2) is 62.2 Å². The Morgan fingerprint density at radius 2 is 1.86 bits per heavy atom. The number of hydrogen-bond acceptors (Lipinski definition) is 3. The van der Waals surface area contributed by atoms with Crippen molar-refractivity contribution < 1.29 is 0 Å². The van der Waals surface area contributed by atoms with Crippen molar-refractivity contribution in [2.75, 3.05) is 46.3 Å². The summed E-state index contributed by atoms with van der Waals surface area (Å²) in [6, 6.07) is 0.765. The first-order valence-corrected chi connectivity index (χ1v) is 9.32. The Labute approximate surface area is 132 Å². The average molecular weight is 296 g/mol. The SMILES string of the molecule is CCCNCC1(CN2CCCN(C)CC2CC)CCCC1.